The van der Waals surface area contributed by atoms with Crippen molar-refractivity contribution in [2.45, 2.75) is 13.2 Å². The zero-order valence-electron chi connectivity index (χ0n) is 16.0. The molecule has 0 saturated carbocycles. The van der Waals surface area contributed by atoms with Gasteiger partial charge < -0.3 is 4.57 Å². The van der Waals surface area contributed by atoms with E-state index in [1.807, 2.05) is 54.1 Å². The summed E-state index contributed by atoms with van der Waals surface area (Å²) in [7, 11) is 0. The number of nitrogens with zero attached hydrogens (tertiary/aromatic N) is 2. The van der Waals surface area contributed by atoms with Gasteiger partial charge in [0.05, 0.1) is 6.33 Å². The molecule has 1 aromatic heterocycles. The first-order valence-corrected chi connectivity index (χ1v) is 10.1. The Labute approximate surface area is 178 Å². The van der Waals surface area contributed by atoms with Gasteiger partial charge in [0.25, 0.3) is 0 Å². The molecule has 0 unspecified atom stereocenters. The zero-order valence-corrected chi connectivity index (χ0v) is 17.6. The molecule has 0 N–H and O–H groups in total. The van der Waals surface area contributed by atoms with E-state index in [9.17, 15) is 8.78 Å². The molecular weight excluding hydrogens is 433 g/mol. The van der Waals surface area contributed by atoms with E-state index >= 15 is 0 Å². The SMILES string of the molecule is Brc1ccc(-n2ccnc2)cc1.CCB(c1cccc(F)c1)c1cccc(F)c1. The van der Waals surface area contributed by atoms with Crippen molar-refractivity contribution in [3.63, 3.8) is 0 Å². The second-order valence-corrected chi connectivity index (χ2v) is 7.43. The molecule has 4 rings (SSSR count). The van der Waals surface area contributed by atoms with E-state index in [4.69, 9.17) is 0 Å². The lowest BCUT2D eigenvalue weighted by Crippen LogP contribution is -2.41. The lowest BCUT2D eigenvalue weighted by Gasteiger charge is -2.12. The maximum absolute atomic E-state index is 13.2. The van der Waals surface area contributed by atoms with Crippen molar-refractivity contribution in [3.8, 4) is 5.69 Å². The van der Waals surface area contributed by atoms with Crippen LogP contribution in [0.3, 0.4) is 0 Å². The molecule has 0 aliphatic carbocycles. The highest BCUT2D eigenvalue weighted by Gasteiger charge is 2.17. The Morgan fingerprint density at radius 2 is 1.48 bits per heavy atom. The Bertz CT molecular complexity index is 991. The van der Waals surface area contributed by atoms with Gasteiger partial charge in [-0.25, -0.2) is 13.8 Å². The molecule has 0 saturated heterocycles. The number of benzene rings is 3. The minimum Gasteiger partial charge on any atom is -0.306 e. The molecule has 0 aliphatic rings. The highest BCUT2D eigenvalue weighted by molar-refractivity contribution is 9.10. The monoisotopic (exact) mass is 452 g/mol. The second kappa shape index (κ2) is 10.2. The fraction of sp³-hybridized carbons (Fsp3) is 0.0870. The first-order chi connectivity index (χ1) is 14.1. The zero-order chi connectivity index (χ0) is 20.6. The minimum absolute atomic E-state index is 0.0430. The lowest BCUT2D eigenvalue weighted by molar-refractivity contribution is 0.629. The van der Waals surface area contributed by atoms with E-state index in [-0.39, 0.29) is 18.3 Å². The van der Waals surface area contributed by atoms with Crippen molar-refractivity contribution in [2.75, 3.05) is 0 Å². The largest absolute Gasteiger partial charge is 0.306 e. The maximum atomic E-state index is 13.2. The molecule has 146 valence electrons. The molecule has 1 heterocycles. The van der Waals surface area contributed by atoms with Crippen LogP contribution in [0.1, 0.15) is 6.92 Å². The van der Waals surface area contributed by atoms with Crippen molar-refractivity contribution in [1.29, 1.82) is 0 Å². The van der Waals surface area contributed by atoms with E-state index in [1.54, 1.807) is 24.7 Å². The molecule has 0 amide bonds. The highest BCUT2D eigenvalue weighted by atomic mass is 79.9. The summed E-state index contributed by atoms with van der Waals surface area (Å²) in [5.74, 6) is -0.505. The van der Waals surface area contributed by atoms with E-state index in [0.717, 1.165) is 27.4 Å². The molecule has 4 aromatic rings. The van der Waals surface area contributed by atoms with Gasteiger partial charge in [0.15, 0.2) is 0 Å². The van der Waals surface area contributed by atoms with Crippen LogP contribution < -0.4 is 10.9 Å². The average molecular weight is 453 g/mol. The summed E-state index contributed by atoms with van der Waals surface area (Å²) < 4.78 is 29.4. The van der Waals surface area contributed by atoms with Crippen LogP contribution in [-0.4, -0.2) is 16.3 Å². The van der Waals surface area contributed by atoms with Crippen LogP contribution in [0.25, 0.3) is 5.69 Å². The first kappa shape index (κ1) is 21.0. The molecule has 0 atom stereocenters. The van der Waals surface area contributed by atoms with Crippen LogP contribution in [-0.2, 0) is 0 Å². The third-order valence-corrected chi connectivity index (χ3v) is 5.07. The van der Waals surface area contributed by atoms with Gasteiger partial charge in [-0.1, -0.05) is 64.4 Å². The molecule has 0 bridgehead atoms. The Balaban J connectivity index is 0.000000176. The molecule has 6 heteroatoms. The van der Waals surface area contributed by atoms with Crippen molar-refractivity contribution in [1.82, 2.24) is 9.55 Å². The molecule has 0 spiro atoms. The maximum Gasteiger partial charge on any atom is 0.209 e. The first-order valence-electron chi connectivity index (χ1n) is 9.31. The summed E-state index contributed by atoms with van der Waals surface area (Å²) in [6.07, 6.45) is 6.28. The average Bonchev–Trinajstić information content (AvgIpc) is 3.25. The smallest absolute Gasteiger partial charge is 0.209 e. The van der Waals surface area contributed by atoms with Gasteiger partial charge in [0.2, 0.25) is 6.71 Å². The van der Waals surface area contributed by atoms with Crippen LogP contribution in [0.15, 0.2) is 96.0 Å². The van der Waals surface area contributed by atoms with Crippen LogP contribution >= 0.6 is 15.9 Å². The lowest BCUT2D eigenvalue weighted by atomic mass is 9.39. The number of rotatable bonds is 4. The quantitative estimate of drug-likeness (QED) is 0.388. The number of hydrogen-bond donors (Lipinski definition) is 0. The van der Waals surface area contributed by atoms with Crippen LogP contribution in [0.4, 0.5) is 8.78 Å². The van der Waals surface area contributed by atoms with Crippen LogP contribution in [0.2, 0.25) is 6.32 Å². The molecule has 3 aromatic carbocycles. The standard InChI is InChI=1S/C14H13BF2.C9H7BrN2/c1-2-15(11-5-3-7-13(16)9-11)12-6-4-8-14(17)10-12;10-8-1-3-9(4-2-8)12-6-5-11-7-12/h3-10H,2H2,1H3;1-7H. The van der Waals surface area contributed by atoms with Crippen molar-refractivity contribution < 1.29 is 8.78 Å². The number of imidazole rings is 1. The van der Waals surface area contributed by atoms with E-state index in [1.165, 1.54) is 24.3 Å². The molecule has 29 heavy (non-hydrogen) atoms. The summed E-state index contributed by atoms with van der Waals surface area (Å²) in [6.45, 7) is 2.06. The minimum atomic E-state index is -0.252. The summed E-state index contributed by atoms with van der Waals surface area (Å²) in [4.78, 5) is 3.97. The molecule has 0 aliphatic heterocycles. The Morgan fingerprint density at radius 3 is 1.93 bits per heavy atom. The van der Waals surface area contributed by atoms with E-state index in [2.05, 4.69) is 20.9 Å². The number of halogens is 3. The van der Waals surface area contributed by atoms with Crippen molar-refractivity contribution >= 4 is 33.6 Å². The third kappa shape index (κ3) is 5.88. The summed E-state index contributed by atoms with van der Waals surface area (Å²) in [6, 6.07) is 21.1. The predicted molar refractivity (Wildman–Crippen MR) is 120 cm³/mol. The predicted octanol–water partition coefficient (Wildman–Crippen LogP) is 5.23. The third-order valence-electron chi connectivity index (χ3n) is 4.54. The molecule has 0 fully saturated rings. The molecule has 0 radical (unpaired) electrons. The summed E-state index contributed by atoms with van der Waals surface area (Å²) in [5.41, 5.74) is 2.90. The second-order valence-electron chi connectivity index (χ2n) is 6.52. The van der Waals surface area contributed by atoms with Crippen molar-refractivity contribution in [2.24, 2.45) is 0 Å². The summed E-state index contributed by atoms with van der Waals surface area (Å²) >= 11 is 3.38. The fourth-order valence-electron chi connectivity index (χ4n) is 3.14. The normalized spacial score (nSPS) is 10.2. The fourth-order valence-corrected chi connectivity index (χ4v) is 3.40. The highest BCUT2D eigenvalue weighted by Crippen LogP contribution is 2.13. The Hall–Kier alpha value is -2.73. The van der Waals surface area contributed by atoms with Gasteiger partial charge in [0, 0.05) is 22.6 Å². The van der Waals surface area contributed by atoms with Crippen LogP contribution in [0.5, 0.6) is 0 Å². The van der Waals surface area contributed by atoms with E-state index < -0.39 is 0 Å². The Morgan fingerprint density at radius 1 is 0.897 bits per heavy atom. The van der Waals surface area contributed by atoms with Gasteiger partial charge in [0.1, 0.15) is 11.6 Å². The van der Waals surface area contributed by atoms with Crippen molar-refractivity contribution in [3.05, 3.63) is 108 Å². The number of aromatic nitrogens is 2. The van der Waals surface area contributed by atoms with Gasteiger partial charge in [-0.3, -0.25) is 0 Å². The van der Waals surface area contributed by atoms with Gasteiger partial charge >= 0.3 is 0 Å². The number of hydrogen-bond acceptors (Lipinski definition) is 1. The Kier molecular flexibility index (Phi) is 7.36. The molecule has 2 nitrogen and oxygen atoms in total. The summed E-state index contributed by atoms with van der Waals surface area (Å²) in [5, 5.41) is 0. The van der Waals surface area contributed by atoms with Crippen LogP contribution in [0, 0.1) is 11.6 Å². The molecular formula is C23H20BBrF2N2. The van der Waals surface area contributed by atoms with Gasteiger partial charge in [-0.05, 0) is 48.5 Å². The van der Waals surface area contributed by atoms with Gasteiger partial charge in [-0.15, -0.1) is 0 Å². The van der Waals surface area contributed by atoms with Gasteiger partial charge in [-0.2, -0.15) is 0 Å². The topological polar surface area (TPSA) is 17.8 Å². The van der Waals surface area contributed by atoms with E-state index in [0.29, 0.717) is 0 Å².